The molecular formula is C16H26N2O2. The molecule has 1 fully saturated rings. The monoisotopic (exact) mass is 278 g/mol. The Labute approximate surface area is 121 Å². The third-order valence-corrected chi connectivity index (χ3v) is 4.00. The van der Waals surface area contributed by atoms with E-state index in [1.165, 1.54) is 12.8 Å². The summed E-state index contributed by atoms with van der Waals surface area (Å²) in [5.74, 6) is 1.74. The summed E-state index contributed by atoms with van der Waals surface area (Å²) in [6, 6.07) is 5.81. The van der Waals surface area contributed by atoms with Crippen LogP contribution in [0.2, 0.25) is 0 Å². The average molecular weight is 278 g/mol. The van der Waals surface area contributed by atoms with Crippen LogP contribution in [0.1, 0.15) is 33.1 Å². The summed E-state index contributed by atoms with van der Waals surface area (Å²) in [4.78, 5) is 0. The maximum Gasteiger partial charge on any atom is 0.144 e. The van der Waals surface area contributed by atoms with Crippen LogP contribution in [0.5, 0.6) is 5.75 Å². The van der Waals surface area contributed by atoms with Gasteiger partial charge in [0.15, 0.2) is 0 Å². The Morgan fingerprint density at radius 3 is 2.80 bits per heavy atom. The minimum atomic E-state index is 0.112. The van der Waals surface area contributed by atoms with E-state index >= 15 is 0 Å². The Bertz CT molecular complexity index is 434. The number of nitrogens with two attached hydrogens (primary N) is 1. The van der Waals surface area contributed by atoms with Crippen LogP contribution in [-0.4, -0.2) is 24.4 Å². The number of aliphatic hydroxyl groups excluding tert-OH is 1. The van der Waals surface area contributed by atoms with Crippen molar-refractivity contribution in [1.82, 2.24) is 0 Å². The van der Waals surface area contributed by atoms with Gasteiger partial charge < -0.3 is 20.9 Å². The first-order valence-corrected chi connectivity index (χ1v) is 7.51. The second-order valence-corrected chi connectivity index (χ2v) is 5.93. The summed E-state index contributed by atoms with van der Waals surface area (Å²) in [5, 5.41) is 12.8. The molecule has 112 valence electrons. The van der Waals surface area contributed by atoms with E-state index in [0.29, 0.717) is 24.1 Å². The molecule has 0 saturated heterocycles. The summed E-state index contributed by atoms with van der Waals surface area (Å²) in [6.45, 7) is 5.18. The number of benzene rings is 1. The van der Waals surface area contributed by atoms with Crippen LogP contribution in [0.4, 0.5) is 11.4 Å². The molecule has 1 saturated carbocycles. The smallest absolute Gasteiger partial charge is 0.144 e. The Morgan fingerprint density at radius 1 is 1.35 bits per heavy atom. The summed E-state index contributed by atoms with van der Waals surface area (Å²) in [6.07, 6.45) is 3.68. The molecule has 4 nitrogen and oxygen atoms in total. The molecule has 0 bridgehead atoms. The fourth-order valence-corrected chi connectivity index (χ4v) is 2.87. The summed E-state index contributed by atoms with van der Waals surface area (Å²) >= 11 is 0. The van der Waals surface area contributed by atoms with Gasteiger partial charge in [0.25, 0.3) is 0 Å². The van der Waals surface area contributed by atoms with E-state index in [4.69, 9.17) is 10.5 Å². The van der Waals surface area contributed by atoms with Gasteiger partial charge in [0.05, 0.1) is 11.8 Å². The summed E-state index contributed by atoms with van der Waals surface area (Å²) in [5.41, 5.74) is 7.61. The number of nitrogen functional groups attached to an aromatic ring is 1. The largest absolute Gasteiger partial charge is 0.489 e. The van der Waals surface area contributed by atoms with Crippen LogP contribution in [0.3, 0.4) is 0 Å². The first-order valence-electron chi connectivity index (χ1n) is 7.51. The van der Waals surface area contributed by atoms with Crippen LogP contribution < -0.4 is 15.8 Å². The van der Waals surface area contributed by atoms with Crippen LogP contribution in [-0.2, 0) is 0 Å². The van der Waals surface area contributed by atoms with Gasteiger partial charge in [-0.1, -0.05) is 6.42 Å². The van der Waals surface area contributed by atoms with Gasteiger partial charge >= 0.3 is 0 Å². The van der Waals surface area contributed by atoms with Crippen molar-refractivity contribution in [3.05, 3.63) is 18.2 Å². The second-order valence-electron chi connectivity index (χ2n) is 5.93. The highest BCUT2D eigenvalue weighted by Crippen LogP contribution is 2.32. The lowest BCUT2D eigenvalue weighted by Gasteiger charge is -2.19. The summed E-state index contributed by atoms with van der Waals surface area (Å²) < 4.78 is 5.69. The Hall–Kier alpha value is -1.42. The normalized spacial score (nSPS) is 22.2. The highest BCUT2D eigenvalue weighted by molar-refractivity contribution is 5.61. The predicted molar refractivity (Wildman–Crippen MR) is 83.0 cm³/mol. The third kappa shape index (κ3) is 3.79. The van der Waals surface area contributed by atoms with Crippen molar-refractivity contribution >= 4 is 11.4 Å². The fraction of sp³-hybridized carbons (Fsp3) is 0.625. The van der Waals surface area contributed by atoms with Crippen LogP contribution in [0, 0.1) is 11.8 Å². The van der Waals surface area contributed by atoms with Gasteiger partial charge in [-0.15, -0.1) is 0 Å². The van der Waals surface area contributed by atoms with Gasteiger partial charge in [-0.05, 0) is 50.7 Å². The predicted octanol–water partition coefficient (Wildman–Crippen LogP) is 2.88. The van der Waals surface area contributed by atoms with Gasteiger partial charge in [-0.2, -0.15) is 0 Å². The Balaban J connectivity index is 1.95. The van der Waals surface area contributed by atoms with Crippen LogP contribution in [0.25, 0.3) is 0 Å². The van der Waals surface area contributed by atoms with Gasteiger partial charge in [-0.25, -0.2) is 0 Å². The molecule has 0 heterocycles. The van der Waals surface area contributed by atoms with Crippen molar-refractivity contribution in [3.8, 4) is 5.75 Å². The fourth-order valence-electron chi connectivity index (χ4n) is 2.87. The molecule has 2 unspecified atom stereocenters. The number of nitrogens with one attached hydrogen (secondary N) is 1. The number of ether oxygens (including phenoxy) is 1. The number of hydrogen-bond donors (Lipinski definition) is 3. The van der Waals surface area contributed by atoms with E-state index in [1.54, 1.807) is 0 Å². The lowest BCUT2D eigenvalue weighted by atomic mass is 9.97. The van der Waals surface area contributed by atoms with Crippen molar-refractivity contribution < 1.29 is 9.84 Å². The van der Waals surface area contributed by atoms with E-state index in [1.807, 2.05) is 32.0 Å². The number of hydrogen-bond acceptors (Lipinski definition) is 4. The molecule has 4 N–H and O–H groups in total. The Morgan fingerprint density at radius 2 is 2.10 bits per heavy atom. The molecule has 0 spiro atoms. The molecule has 0 radical (unpaired) electrons. The zero-order valence-corrected chi connectivity index (χ0v) is 12.4. The first-order chi connectivity index (χ1) is 9.60. The molecule has 0 aliphatic heterocycles. The van der Waals surface area contributed by atoms with E-state index in [2.05, 4.69) is 5.32 Å². The SMILES string of the molecule is CC(C)Oc1cc(NCC2CCCC2CO)ccc1N. The molecule has 2 atom stereocenters. The maximum atomic E-state index is 9.35. The zero-order valence-electron chi connectivity index (χ0n) is 12.4. The quantitative estimate of drug-likeness (QED) is 0.700. The van der Waals surface area contributed by atoms with Crippen molar-refractivity contribution in [2.24, 2.45) is 11.8 Å². The van der Waals surface area contributed by atoms with Crippen molar-refractivity contribution in [2.45, 2.75) is 39.2 Å². The molecule has 0 amide bonds. The molecule has 0 aromatic heterocycles. The molecule has 4 heteroatoms. The first kappa shape index (κ1) is 15.0. The van der Waals surface area contributed by atoms with Gasteiger partial charge in [0.1, 0.15) is 5.75 Å². The minimum Gasteiger partial charge on any atom is -0.489 e. The molecule has 1 aliphatic carbocycles. The van der Waals surface area contributed by atoms with Crippen molar-refractivity contribution in [1.29, 1.82) is 0 Å². The van der Waals surface area contributed by atoms with E-state index < -0.39 is 0 Å². The lowest BCUT2D eigenvalue weighted by molar-refractivity contribution is 0.199. The van der Waals surface area contributed by atoms with E-state index in [0.717, 1.165) is 24.4 Å². The van der Waals surface area contributed by atoms with Crippen molar-refractivity contribution in [3.63, 3.8) is 0 Å². The number of anilines is 2. The highest BCUT2D eigenvalue weighted by atomic mass is 16.5. The molecule has 1 aromatic rings. The average Bonchev–Trinajstić information content (AvgIpc) is 2.86. The molecular weight excluding hydrogens is 252 g/mol. The zero-order chi connectivity index (χ0) is 14.5. The standard InChI is InChI=1S/C16H26N2O2/c1-11(2)20-16-8-14(6-7-15(16)17)18-9-12-4-3-5-13(12)10-19/h6-8,11-13,18-19H,3-5,9-10,17H2,1-2H3. The number of rotatable bonds is 6. The third-order valence-electron chi connectivity index (χ3n) is 4.00. The van der Waals surface area contributed by atoms with Crippen LogP contribution in [0.15, 0.2) is 18.2 Å². The second kappa shape index (κ2) is 6.84. The van der Waals surface area contributed by atoms with Gasteiger partial charge in [0, 0.05) is 24.9 Å². The maximum absolute atomic E-state index is 9.35. The van der Waals surface area contributed by atoms with Gasteiger partial charge in [0.2, 0.25) is 0 Å². The number of aliphatic hydroxyl groups is 1. The Kier molecular flexibility index (Phi) is 5.12. The van der Waals surface area contributed by atoms with Gasteiger partial charge in [-0.3, -0.25) is 0 Å². The topological polar surface area (TPSA) is 67.5 Å². The highest BCUT2D eigenvalue weighted by Gasteiger charge is 2.26. The summed E-state index contributed by atoms with van der Waals surface area (Å²) in [7, 11) is 0. The van der Waals surface area contributed by atoms with Crippen LogP contribution >= 0.6 is 0 Å². The molecule has 20 heavy (non-hydrogen) atoms. The minimum absolute atomic E-state index is 0.112. The molecule has 1 aliphatic rings. The molecule has 1 aromatic carbocycles. The van der Waals surface area contributed by atoms with E-state index in [-0.39, 0.29) is 6.10 Å². The van der Waals surface area contributed by atoms with E-state index in [9.17, 15) is 5.11 Å². The molecule has 2 rings (SSSR count). The van der Waals surface area contributed by atoms with Crippen molar-refractivity contribution in [2.75, 3.05) is 24.2 Å². The lowest BCUT2D eigenvalue weighted by Crippen LogP contribution is -2.20.